The van der Waals surface area contributed by atoms with Crippen LogP contribution in [0.2, 0.25) is 0 Å². The molecule has 1 atom stereocenters. The molecule has 104 valence electrons. The summed E-state index contributed by atoms with van der Waals surface area (Å²) in [6, 6.07) is 0.840. The van der Waals surface area contributed by atoms with Crippen LogP contribution in [0.3, 0.4) is 0 Å². The summed E-state index contributed by atoms with van der Waals surface area (Å²) in [6.45, 7) is 1.53. The summed E-state index contributed by atoms with van der Waals surface area (Å²) in [4.78, 5) is 21.2. The fourth-order valence-electron chi connectivity index (χ4n) is 1.89. The van der Waals surface area contributed by atoms with Crippen molar-refractivity contribution >= 4 is 11.9 Å². The molecule has 0 radical (unpaired) electrons. The van der Waals surface area contributed by atoms with E-state index in [1.165, 1.54) is 14.2 Å². The van der Waals surface area contributed by atoms with E-state index >= 15 is 0 Å². The quantitative estimate of drug-likeness (QED) is 0.744. The second-order valence-corrected chi connectivity index (χ2v) is 4.00. The summed E-state index contributed by atoms with van der Waals surface area (Å²) in [6.07, 6.45) is 0. The van der Waals surface area contributed by atoms with E-state index in [1.807, 2.05) is 0 Å². The largest absolute Gasteiger partial charge is 0.481 e. The van der Waals surface area contributed by atoms with E-state index in [1.54, 1.807) is 11.0 Å². The zero-order valence-corrected chi connectivity index (χ0v) is 10.8. The molecular formula is C11H16N4O4. The van der Waals surface area contributed by atoms with E-state index in [-0.39, 0.29) is 0 Å². The number of carboxylic acid groups (broad SMARTS) is 1. The van der Waals surface area contributed by atoms with E-state index in [4.69, 9.17) is 9.47 Å². The van der Waals surface area contributed by atoms with Crippen LogP contribution in [0, 0.1) is 0 Å². The third-order valence-electron chi connectivity index (χ3n) is 2.87. The molecule has 1 aliphatic heterocycles. The van der Waals surface area contributed by atoms with Gasteiger partial charge in [-0.05, 0) is 0 Å². The van der Waals surface area contributed by atoms with Gasteiger partial charge >= 0.3 is 5.97 Å². The fraction of sp³-hybridized carbons (Fsp3) is 0.545. The monoisotopic (exact) mass is 268 g/mol. The molecule has 8 heteroatoms. The smallest absolute Gasteiger partial charge is 0.327 e. The number of piperazine rings is 1. The lowest BCUT2D eigenvalue weighted by Gasteiger charge is -2.33. The van der Waals surface area contributed by atoms with Crippen molar-refractivity contribution in [3.05, 3.63) is 6.07 Å². The number of carboxylic acids is 1. The molecule has 1 fully saturated rings. The molecule has 0 saturated carbocycles. The number of aliphatic carboxylic acids is 1. The number of rotatable bonds is 4. The minimum Gasteiger partial charge on any atom is -0.481 e. The summed E-state index contributed by atoms with van der Waals surface area (Å²) in [5, 5.41) is 12.3. The first-order chi connectivity index (χ1) is 9.15. The zero-order valence-electron chi connectivity index (χ0n) is 10.8. The van der Waals surface area contributed by atoms with Crippen LogP contribution >= 0.6 is 0 Å². The van der Waals surface area contributed by atoms with Crippen LogP contribution in [-0.2, 0) is 4.79 Å². The number of anilines is 1. The minimum absolute atomic E-state index is 0.296. The van der Waals surface area contributed by atoms with E-state index in [0.717, 1.165) is 0 Å². The maximum Gasteiger partial charge on any atom is 0.327 e. The average Bonchev–Trinajstić information content (AvgIpc) is 2.46. The van der Waals surface area contributed by atoms with Gasteiger partial charge in [0.2, 0.25) is 17.7 Å². The van der Waals surface area contributed by atoms with Gasteiger partial charge in [-0.1, -0.05) is 0 Å². The van der Waals surface area contributed by atoms with E-state index in [0.29, 0.717) is 37.3 Å². The number of nitrogens with one attached hydrogen (secondary N) is 1. The summed E-state index contributed by atoms with van der Waals surface area (Å²) in [5.74, 6) is 0.0525. The molecule has 1 aliphatic rings. The van der Waals surface area contributed by atoms with Gasteiger partial charge < -0.3 is 24.8 Å². The normalized spacial score (nSPS) is 19.1. The Morgan fingerprint density at radius 1 is 1.42 bits per heavy atom. The Kier molecular flexibility index (Phi) is 4.00. The van der Waals surface area contributed by atoms with Crippen LogP contribution < -0.4 is 19.7 Å². The maximum absolute atomic E-state index is 11.2. The molecule has 1 aromatic heterocycles. The van der Waals surface area contributed by atoms with Gasteiger partial charge in [-0.15, -0.1) is 0 Å². The van der Waals surface area contributed by atoms with Gasteiger partial charge in [-0.25, -0.2) is 4.79 Å². The molecule has 8 nitrogen and oxygen atoms in total. The van der Waals surface area contributed by atoms with Crippen molar-refractivity contribution in [1.29, 1.82) is 0 Å². The van der Waals surface area contributed by atoms with Crippen LogP contribution in [0.4, 0.5) is 5.95 Å². The molecule has 0 aromatic carbocycles. The van der Waals surface area contributed by atoms with Gasteiger partial charge in [-0.3, -0.25) is 0 Å². The van der Waals surface area contributed by atoms with Crippen molar-refractivity contribution in [3.63, 3.8) is 0 Å². The summed E-state index contributed by atoms with van der Waals surface area (Å²) < 4.78 is 10.1. The summed E-state index contributed by atoms with van der Waals surface area (Å²) in [7, 11) is 2.97. The Balaban J connectivity index is 2.35. The standard InChI is InChI=1S/C11H16N4O4/c1-18-8-5-9(19-2)14-11(13-8)15-4-3-12-6-7(15)10(16)17/h5,7,12H,3-4,6H2,1-2H3,(H,16,17). The maximum atomic E-state index is 11.2. The highest BCUT2D eigenvalue weighted by Gasteiger charge is 2.30. The van der Waals surface area contributed by atoms with Gasteiger partial charge in [0.25, 0.3) is 0 Å². The first-order valence-electron chi connectivity index (χ1n) is 5.83. The molecule has 2 N–H and O–H groups in total. The number of aromatic nitrogens is 2. The predicted molar refractivity (Wildman–Crippen MR) is 66.8 cm³/mol. The van der Waals surface area contributed by atoms with Gasteiger partial charge in [-0.2, -0.15) is 9.97 Å². The topological polar surface area (TPSA) is 96.8 Å². The van der Waals surface area contributed by atoms with Crippen LogP contribution in [0.5, 0.6) is 11.8 Å². The number of hydrogen-bond donors (Lipinski definition) is 2. The number of methoxy groups -OCH3 is 2. The zero-order chi connectivity index (χ0) is 13.8. The number of hydrogen-bond acceptors (Lipinski definition) is 7. The van der Waals surface area contributed by atoms with Crippen molar-refractivity contribution in [2.75, 3.05) is 38.8 Å². The van der Waals surface area contributed by atoms with Gasteiger partial charge in [0.05, 0.1) is 20.3 Å². The second-order valence-electron chi connectivity index (χ2n) is 4.00. The lowest BCUT2D eigenvalue weighted by atomic mass is 10.2. The van der Waals surface area contributed by atoms with Crippen LogP contribution in [0.1, 0.15) is 0 Å². The third kappa shape index (κ3) is 2.84. The molecular weight excluding hydrogens is 252 g/mol. The average molecular weight is 268 g/mol. The highest BCUT2D eigenvalue weighted by molar-refractivity contribution is 5.78. The molecule has 2 heterocycles. The van der Waals surface area contributed by atoms with Crippen molar-refractivity contribution in [2.24, 2.45) is 0 Å². The first-order valence-corrected chi connectivity index (χ1v) is 5.83. The Hall–Kier alpha value is -2.09. The van der Waals surface area contributed by atoms with Gasteiger partial charge in [0.15, 0.2) is 0 Å². The molecule has 1 unspecified atom stereocenters. The number of ether oxygens (including phenoxy) is 2. The van der Waals surface area contributed by atoms with Crippen LogP contribution in [-0.4, -0.2) is 60.9 Å². The molecule has 0 bridgehead atoms. The summed E-state index contributed by atoms with van der Waals surface area (Å²) >= 11 is 0. The van der Waals surface area contributed by atoms with E-state index in [2.05, 4.69) is 15.3 Å². The third-order valence-corrected chi connectivity index (χ3v) is 2.87. The molecule has 0 amide bonds. The number of nitrogens with zero attached hydrogens (tertiary/aromatic N) is 3. The molecule has 0 aliphatic carbocycles. The molecule has 1 saturated heterocycles. The fourth-order valence-corrected chi connectivity index (χ4v) is 1.89. The van der Waals surface area contributed by atoms with Crippen molar-refractivity contribution < 1.29 is 19.4 Å². The van der Waals surface area contributed by atoms with Crippen LogP contribution in [0.25, 0.3) is 0 Å². The number of carbonyl (C=O) groups is 1. The van der Waals surface area contributed by atoms with Crippen molar-refractivity contribution in [2.45, 2.75) is 6.04 Å². The molecule has 2 rings (SSSR count). The Morgan fingerprint density at radius 3 is 2.58 bits per heavy atom. The van der Waals surface area contributed by atoms with Crippen molar-refractivity contribution in [3.8, 4) is 11.8 Å². The summed E-state index contributed by atoms with van der Waals surface area (Å²) in [5.41, 5.74) is 0. The minimum atomic E-state index is -0.919. The second kappa shape index (κ2) is 5.70. The first kappa shape index (κ1) is 13.3. The SMILES string of the molecule is COc1cc(OC)nc(N2CCNCC2C(=O)O)n1. The Morgan fingerprint density at radius 2 is 2.05 bits per heavy atom. The predicted octanol–water partition coefficient (Wildman–Crippen LogP) is -0.643. The molecule has 1 aromatic rings. The van der Waals surface area contributed by atoms with Crippen molar-refractivity contribution in [1.82, 2.24) is 15.3 Å². The van der Waals surface area contributed by atoms with Gasteiger partial charge in [0.1, 0.15) is 6.04 Å². The lowest BCUT2D eigenvalue weighted by Crippen LogP contribution is -2.55. The highest BCUT2D eigenvalue weighted by Crippen LogP contribution is 2.22. The molecule has 0 spiro atoms. The molecule has 19 heavy (non-hydrogen) atoms. The Bertz CT molecular complexity index is 446. The lowest BCUT2D eigenvalue weighted by molar-refractivity contribution is -0.138. The van der Waals surface area contributed by atoms with E-state index < -0.39 is 12.0 Å². The highest BCUT2D eigenvalue weighted by atomic mass is 16.5. The van der Waals surface area contributed by atoms with Gasteiger partial charge in [0, 0.05) is 19.6 Å². The van der Waals surface area contributed by atoms with E-state index in [9.17, 15) is 9.90 Å². The van der Waals surface area contributed by atoms with Crippen LogP contribution in [0.15, 0.2) is 6.07 Å². The Labute approximate surface area is 110 Å².